The van der Waals surface area contributed by atoms with Gasteiger partial charge in [-0.25, -0.2) is 4.98 Å². The van der Waals surface area contributed by atoms with Crippen molar-refractivity contribution in [3.63, 3.8) is 0 Å². The summed E-state index contributed by atoms with van der Waals surface area (Å²) in [7, 11) is 0. The van der Waals surface area contributed by atoms with Crippen molar-refractivity contribution in [2.24, 2.45) is 0 Å². The van der Waals surface area contributed by atoms with E-state index in [0.29, 0.717) is 6.61 Å². The summed E-state index contributed by atoms with van der Waals surface area (Å²) in [5.74, 6) is 0.875. The highest BCUT2D eigenvalue weighted by Gasteiger charge is 2.08. The third-order valence-electron chi connectivity index (χ3n) is 4.01. The van der Waals surface area contributed by atoms with Crippen molar-refractivity contribution >= 4 is 10.9 Å². The van der Waals surface area contributed by atoms with Crippen molar-refractivity contribution < 1.29 is 4.74 Å². The first-order valence-corrected chi connectivity index (χ1v) is 8.02. The van der Waals surface area contributed by atoms with Gasteiger partial charge in [-0.15, -0.1) is 0 Å². The van der Waals surface area contributed by atoms with E-state index in [1.807, 2.05) is 66.7 Å². The molecule has 0 radical (unpaired) electrons. The topological polar surface area (TPSA) is 22.1 Å². The van der Waals surface area contributed by atoms with Gasteiger partial charge < -0.3 is 4.74 Å². The Kier molecular flexibility index (Phi) is 3.95. The van der Waals surface area contributed by atoms with Crippen LogP contribution in [0.1, 0.15) is 5.56 Å². The van der Waals surface area contributed by atoms with Crippen molar-refractivity contribution in [2.45, 2.75) is 6.61 Å². The number of aromatic nitrogens is 1. The Labute approximate surface area is 141 Å². The molecule has 116 valence electrons. The number of para-hydroxylation sites is 2. The maximum Gasteiger partial charge on any atom is 0.119 e. The van der Waals surface area contributed by atoms with Gasteiger partial charge in [-0.05, 0) is 24.3 Å². The molecule has 0 bridgehead atoms. The number of hydrogen-bond donors (Lipinski definition) is 0. The first-order valence-electron chi connectivity index (χ1n) is 8.02. The zero-order valence-corrected chi connectivity index (χ0v) is 13.2. The number of nitrogens with zero attached hydrogens (tertiary/aromatic N) is 1. The molecule has 4 aromatic rings. The summed E-state index contributed by atoms with van der Waals surface area (Å²) in [5, 5.41) is 1.13. The van der Waals surface area contributed by atoms with Crippen LogP contribution in [0.2, 0.25) is 0 Å². The molecule has 0 saturated heterocycles. The Hall–Kier alpha value is -3.13. The number of hydrogen-bond acceptors (Lipinski definition) is 2. The molecular weight excluding hydrogens is 294 g/mol. The minimum absolute atomic E-state index is 0.521. The molecule has 0 amide bonds. The molecule has 2 heteroatoms. The zero-order chi connectivity index (χ0) is 16.2. The van der Waals surface area contributed by atoms with Gasteiger partial charge in [0.1, 0.15) is 12.4 Å². The van der Waals surface area contributed by atoms with Crippen LogP contribution in [0, 0.1) is 0 Å². The van der Waals surface area contributed by atoms with Crippen molar-refractivity contribution in [3.05, 3.63) is 96.6 Å². The van der Waals surface area contributed by atoms with Crippen LogP contribution >= 0.6 is 0 Å². The van der Waals surface area contributed by atoms with Crippen LogP contribution in [0.5, 0.6) is 5.75 Å². The fourth-order valence-electron chi connectivity index (χ4n) is 2.80. The Morgan fingerprint density at radius 1 is 0.708 bits per heavy atom. The fraction of sp³-hybridized carbons (Fsp3) is 0.0455. The van der Waals surface area contributed by atoms with E-state index in [4.69, 9.17) is 9.72 Å². The number of benzene rings is 3. The predicted molar refractivity (Wildman–Crippen MR) is 98.0 cm³/mol. The second-order valence-electron chi connectivity index (χ2n) is 5.65. The molecule has 0 fully saturated rings. The molecule has 0 aliphatic heterocycles. The fourth-order valence-corrected chi connectivity index (χ4v) is 2.80. The van der Waals surface area contributed by atoms with E-state index in [1.54, 1.807) is 0 Å². The normalized spacial score (nSPS) is 10.7. The minimum atomic E-state index is 0.521. The molecule has 0 saturated carbocycles. The van der Waals surface area contributed by atoms with Crippen LogP contribution in [0.4, 0.5) is 0 Å². The van der Waals surface area contributed by atoms with E-state index >= 15 is 0 Å². The van der Waals surface area contributed by atoms with Gasteiger partial charge in [0.05, 0.1) is 11.2 Å². The van der Waals surface area contributed by atoms with Gasteiger partial charge >= 0.3 is 0 Å². The molecule has 1 aromatic heterocycles. The second kappa shape index (κ2) is 6.55. The molecule has 0 aliphatic rings. The lowest BCUT2D eigenvalue weighted by Gasteiger charge is -2.11. The highest BCUT2D eigenvalue weighted by Crippen LogP contribution is 2.25. The molecule has 0 spiro atoms. The lowest BCUT2D eigenvalue weighted by molar-refractivity contribution is 0.307. The largest absolute Gasteiger partial charge is 0.489 e. The van der Waals surface area contributed by atoms with Gasteiger partial charge in [0, 0.05) is 16.5 Å². The number of rotatable bonds is 4. The molecule has 0 unspecified atom stereocenters. The van der Waals surface area contributed by atoms with Crippen LogP contribution in [-0.4, -0.2) is 4.98 Å². The summed E-state index contributed by atoms with van der Waals surface area (Å²) in [6.07, 6.45) is 0. The third kappa shape index (κ3) is 2.99. The van der Waals surface area contributed by atoms with Gasteiger partial charge in [-0.3, -0.25) is 0 Å². The summed E-state index contributed by atoms with van der Waals surface area (Å²) >= 11 is 0. The summed E-state index contributed by atoms with van der Waals surface area (Å²) in [6, 6.07) is 30.5. The van der Waals surface area contributed by atoms with Gasteiger partial charge in [0.15, 0.2) is 0 Å². The van der Waals surface area contributed by atoms with Crippen LogP contribution < -0.4 is 4.74 Å². The summed E-state index contributed by atoms with van der Waals surface area (Å²) < 4.78 is 5.96. The Morgan fingerprint density at radius 2 is 1.38 bits per heavy atom. The van der Waals surface area contributed by atoms with Crippen molar-refractivity contribution in [1.82, 2.24) is 4.98 Å². The van der Waals surface area contributed by atoms with Gasteiger partial charge in [-0.2, -0.15) is 0 Å². The maximum absolute atomic E-state index is 5.96. The van der Waals surface area contributed by atoms with E-state index in [-0.39, 0.29) is 0 Å². The molecule has 0 atom stereocenters. The quantitative estimate of drug-likeness (QED) is 0.498. The maximum atomic E-state index is 5.96. The molecular formula is C22H17NO. The Bertz CT molecular complexity index is 949. The van der Waals surface area contributed by atoms with Gasteiger partial charge in [-0.1, -0.05) is 66.7 Å². The SMILES string of the molecule is c1ccc(OCc2cc(-c3ccccc3)nc3ccccc23)cc1. The van der Waals surface area contributed by atoms with Gasteiger partial charge in [0.2, 0.25) is 0 Å². The van der Waals surface area contributed by atoms with E-state index < -0.39 is 0 Å². The smallest absolute Gasteiger partial charge is 0.119 e. The summed E-state index contributed by atoms with van der Waals surface area (Å²) in [5.41, 5.74) is 4.22. The first kappa shape index (κ1) is 14.5. The van der Waals surface area contributed by atoms with Crippen molar-refractivity contribution in [3.8, 4) is 17.0 Å². The number of pyridine rings is 1. The Balaban J connectivity index is 1.75. The van der Waals surface area contributed by atoms with Crippen LogP contribution in [0.3, 0.4) is 0 Å². The van der Waals surface area contributed by atoms with E-state index in [0.717, 1.165) is 33.5 Å². The molecule has 0 aliphatic carbocycles. The minimum Gasteiger partial charge on any atom is -0.489 e. The van der Waals surface area contributed by atoms with Crippen LogP contribution in [0.25, 0.3) is 22.2 Å². The molecule has 2 nitrogen and oxygen atoms in total. The van der Waals surface area contributed by atoms with E-state index in [9.17, 15) is 0 Å². The standard InChI is InChI=1S/C22H17NO/c1-3-9-17(10-4-1)22-15-18(16-24-19-11-5-2-6-12-19)20-13-7-8-14-21(20)23-22/h1-15H,16H2. The van der Waals surface area contributed by atoms with E-state index in [1.165, 1.54) is 0 Å². The predicted octanol–water partition coefficient (Wildman–Crippen LogP) is 5.48. The third-order valence-corrected chi connectivity index (χ3v) is 4.01. The first-order chi connectivity index (χ1) is 11.9. The van der Waals surface area contributed by atoms with Crippen molar-refractivity contribution in [1.29, 1.82) is 0 Å². The lowest BCUT2D eigenvalue weighted by Crippen LogP contribution is -1.98. The Morgan fingerprint density at radius 3 is 2.17 bits per heavy atom. The van der Waals surface area contributed by atoms with Crippen LogP contribution in [-0.2, 0) is 6.61 Å². The molecule has 4 rings (SSSR count). The summed E-state index contributed by atoms with van der Waals surface area (Å²) in [6.45, 7) is 0.521. The molecule has 3 aromatic carbocycles. The lowest BCUT2D eigenvalue weighted by atomic mass is 10.0. The summed E-state index contributed by atoms with van der Waals surface area (Å²) in [4.78, 5) is 4.81. The molecule has 1 heterocycles. The number of fused-ring (bicyclic) bond motifs is 1. The highest BCUT2D eigenvalue weighted by molar-refractivity contribution is 5.85. The van der Waals surface area contributed by atoms with Gasteiger partial charge in [0.25, 0.3) is 0 Å². The number of ether oxygens (including phenoxy) is 1. The van der Waals surface area contributed by atoms with Crippen molar-refractivity contribution in [2.75, 3.05) is 0 Å². The monoisotopic (exact) mass is 311 g/mol. The van der Waals surface area contributed by atoms with Crippen LogP contribution in [0.15, 0.2) is 91.0 Å². The molecule has 24 heavy (non-hydrogen) atoms. The highest BCUT2D eigenvalue weighted by atomic mass is 16.5. The average molecular weight is 311 g/mol. The average Bonchev–Trinajstić information content (AvgIpc) is 2.67. The van der Waals surface area contributed by atoms with E-state index in [2.05, 4.69) is 24.3 Å². The molecule has 0 N–H and O–H groups in total. The zero-order valence-electron chi connectivity index (χ0n) is 13.2. The second-order valence-corrected chi connectivity index (χ2v) is 5.65.